The molecule has 0 fully saturated rings. The molecule has 1 N–H and O–H groups in total. The molecule has 0 unspecified atom stereocenters. The molecule has 2 aromatic heterocycles. The summed E-state index contributed by atoms with van der Waals surface area (Å²) in [7, 11) is 0. The molecule has 0 saturated carbocycles. The van der Waals surface area contributed by atoms with Crippen LogP contribution < -0.4 is 10.2 Å². The number of hydrazone groups is 1. The summed E-state index contributed by atoms with van der Waals surface area (Å²) in [6.07, 6.45) is 7.89. The predicted octanol–water partition coefficient (Wildman–Crippen LogP) is 5.63. The second-order valence-corrected chi connectivity index (χ2v) is 9.29. The number of para-hydroxylation sites is 1. The zero-order valence-corrected chi connectivity index (χ0v) is 21.0. The predicted molar refractivity (Wildman–Crippen MR) is 148 cm³/mol. The molecule has 1 aliphatic carbocycles. The zero-order valence-electron chi connectivity index (χ0n) is 21.0. The van der Waals surface area contributed by atoms with E-state index in [9.17, 15) is 10.1 Å². The van der Waals surface area contributed by atoms with E-state index in [-0.39, 0.29) is 12.3 Å². The van der Waals surface area contributed by atoms with Crippen molar-refractivity contribution in [1.29, 1.82) is 0 Å². The summed E-state index contributed by atoms with van der Waals surface area (Å²) in [5.74, 6) is 0.694. The van der Waals surface area contributed by atoms with Gasteiger partial charge < -0.3 is 4.74 Å². The lowest BCUT2D eigenvalue weighted by Crippen LogP contribution is -2.09. The van der Waals surface area contributed by atoms with E-state index < -0.39 is 4.92 Å². The van der Waals surface area contributed by atoms with Gasteiger partial charge in [-0.25, -0.2) is 4.68 Å². The maximum absolute atomic E-state index is 10.8. The molecule has 1 aliphatic rings. The minimum Gasteiger partial charge on any atom is -0.487 e. The van der Waals surface area contributed by atoms with E-state index in [2.05, 4.69) is 26.9 Å². The molecule has 0 radical (unpaired) electrons. The quantitative estimate of drug-likeness (QED) is 0.160. The number of nitro groups is 1. The van der Waals surface area contributed by atoms with Crippen LogP contribution in [0.25, 0.3) is 16.6 Å². The van der Waals surface area contributed by atoms with E-state index in [0.717, 1.165) is 35.0 Å². The van der Waals surface area contributed by atoms with Crippen molar-refractivity contribution in [3.8, 4) is 11.4 Å². The normalized spacial score (nSPS) is 12.9. The molecule has 0 saturated heterocycles. The van der Waals surface area contributed by atoms with Crippen molar-refractivity contribution in [3.05, 3.63) is 112 Å². The Hall–Kier alpha value is -5.12. The smallest absolute Gasteiger partial charge is 0.269 e. The van der Waals surface area contributed by atoms with Crippen molar-refractivity contribution in [2.24, 2.45) is 5.10 Å². The van der Waals surface area contributed by atoms with Gasteiger partial charge in [-0.2, -0.15) is 5.10 Å². The van der Waals surface area contributed by atoms with Crippen molar-refractivity contribution in [3.63, 3.8) is 0 Å². The van der Waals surface area contributed by atoms with Crippen LogP contribution in [0, 0.1) is 10.1 Å². The highest BCUT2D eigenvalue weighted by Crippen LogP contribution is 2.33. The van der Waals surface area contributed by atoms with E-state index in [4.69, 9.17) is 9.72 Å². The first-order chi connectivity index (χ1) is 19.1. The van der Waals surface area contributed by atoms with Gasteiger partial charge in [-0.05, 0) is 79.3 Å². The van der Waals surface area contributed by atoms with Crippen molar-refractivity contribution < 1.29 is 9.66 Å². The lowest BCUT2D eigenvalue weighted by molar-refractivity contribution is -0.384. The number of nitrogens with zero attached hydrogens (tertiary/aromatic N) is 6. The third-order valence-corrected chi connectivity index (χ3v) is 6.69. The lowest BCUT2D eigenvalue weighted by atomic mass is 9.93. The number of hydrogen-bond donors (Lipinski definition) is 1. The summed E-state index contributed by atoms with van der Waals surface area (Å²) in [6, 6.07) is 21.9. The number of ether oxygens (including phenoxy) is 1. The second kappa shape index (κ2) is 10.7. The fourth-order valence-corrected chi connectivity index (χ4v) is 4.70. The van der Waals surface area contributed by atoms with E-state index in [1.165, 1.54) is 36.2 Å². The molecule has 0 bridgehead atoms. The van der Waals surface area contributed by atoms with Crippen LogP contribution in [0.15, 0.2) is 84.1 Å². The fraction of sp³-hybridized carbons (Fsp3) is 0.172. The number of hydrogen-bond acceptors (Lipinski definition) is 8. The van der Waals surface area contributed by atoms with Crippen molar-refractivity contribution in [2.75, 3.05) is 5.43 Å². The first kappa shape index (κ1) is 24.2. The summed E-state index contributed by atoms with van der Waals surface area (Å²) in [5.41, 5.74) is 10.1. The molecular formula is C29H25N7O3. The molecule has 0 spiro atoms. The minimum atomic E-state index is -0.437. The van der Waals surface area contributed by atoms with Gasteiger partial charge in [-0.1, -0.05) is 23.4 Å². The van der Waals surface area contributed by atoms with Gasteiger partial charge in [0.15, 0.2) is 0 Å². The van der Waals surface area contributed by atoms with Crippen LogP contribution >= 0.6 is 0 Å². The summed E-state index contributed by atoms with van der Waals surface area (Å²) >= 11 is 0. The lowest BCUT2D eigenvalue weighted by Gasteiger charge is -2.20. The van der Waals surface area contributed by atoms with Gasteiger partial charge in [0.1, 0.15) is 18.1 Å². The van der Waals surface area contributed by atoms with Gasteiger partial charge in [0.25, 0.3) is 5.69 Å². The van der Waals surface area contributed by atoms with Crippen LogP contribution in [-0.4, -0.2) is 31.1 Å². The van der Waals surface area contributed by atoms with Crippen molar-refractivity contribution >= 4 is 28.5 Å². The average molecular weight is 520 g/mol. The molecule has 2 heterocycles. The number of fused-ring (bicyclic) bond motifs is 2. The Kier molecular flexibility index (Phi) is 6.65. The Balaban J connectivity index is 1.09. The number of aromatic nitrogens is 4. The van der Waals surface area contributed by atoms with Gasteiger partial charge in [0.05, 0.1) is 34.2 Å². The van der Waals surface area contributed by atoms with Gasteiger partial charge >= 0.3 is 0 Å². The highest BCUT2D eigenvalue weighted by Gasteiger charge is 2.17. The number of pyridine rings is 1. The Bertz CT molecular complexity index is 1660. The Labute approximate surface area is 224 Å². The number of nitrogens with one attached hydrogen (secondary N) is 1. The standard InChI is InChI=1S/C29H25N7O3/c37-36(38)23-13-11-22(12-14-23)35-18-21(32-34-35)19-39-24-15-9-20(10-16-24)17-30-33-29-25-5-1-3-7-27(25)31-28-8-4-2-6-26(28)29/h1,3,5,7,9-18H,2,4,6,8,19H2,(H,31,33)/b30-17+. The van der Waals surface area contributed by atoms with E-state index in [1.807, 2.05) is 42.5 Å². The van der Waals surface area contributed by atoms with Crippen LogP contribution in [0.4, 0.5) is 11.4 Å². The Morgan fingerprint density at radius 2 is 1.82 bits per heavy atom. The molecule has 0 amide bonds. The van der Waals surface area contributed by atoms with Crippen molar-refractivity contribution in [2.45, 2.75) is 32.3 Å². The Morgan fingerprint density at radius 3 is 2.64 bits per heavy atom. The number of anilines is 1. The Morgan fingerprint density at radius 1 is 1.03 bits per heavy atom. The zero-order chi connectivity index (χ0) is 26.6. The molecule has 10 nitrogen and oxygen atoms in total. The number of rotatable bonds is 8. The third-order valence-electron chi connectivity index (χ3n) is 6.69. The molecule has 3 aromatic carbocycles. The number of benzene rings is 3. The molecule has 5 aromatic rings. The number of nitro benzene ring substituents is 1. The molecule has 6 rings (SSSR count). The maximum atomic E-state index is 10.8. The first-order valence-electron chi connectivity index (χ1n) is 12.7. The van der Waals surface area contributed by atoms with Crippen LogP contribution in [0.2, 0.25) is 0 Å². The first-order valence-corrected chi connectivity index (χ1v) is 12.7. The fourth-order valence-electron chi connectivity index (χ4n) is 4.70. The SMILES string of the molecule is O=[N+]([O-])c1ccc(-n2cc(COc3ccc(/C=N/Nc4c5c(nc6ccccc46)CCCC5)cc3)nn2)cc1. The maximum Gasteiger partial charge on any atom is 0.269 e. The highest BCUT2D eigenvalue weighted by atomic mass is 16.6. The topological polar surface area (TPSA) is 120 Å². The van der Waals surface area contributed by atoms with E-state index >= 15 is 0 Å². The number of non-ortho nitro benzene ring substituents is 1. The molecule has 10 heteroatoms. The summed E-state index contributed by atoms with van der Waals surface area (Å²) < 4.78 is 7.41. The molecule has 194 valence electrons. The summed E-state index contributed by atoms with van der Waals surface area (Å²) in [5, 5.41) is 24.7. The largest absolute Gasteiger partial charge is 0.487 e. The van der Waals surface area contributed by atoms with E-state index in [0.29, 0.717) is 17.1 Å². The molecule has 39 heavy (non-hydrogen) atoms. The van der Waals surface area contributed by atoms with Gasteiger partial charge in [-0.15, -0.1) is 5.10 Å². The minimum absolute atomic E-state index is 0.0245. The molecular weight excluding hydrogens is 494 g/mol. The molecule has 0 aliphatic heterocycles. The number of aryl methyl sites for hydroxylation is 1. The van der Waals surface area contributed by atoms with Gasteiger partial charge in [-0.3, -0.25) is 20.5 Å². The van der Waals surface area contributed by atoms with Crippen LogP contribution in [0.1, 0.15) is 35.4 Å². The van der Waals surface area contributed by atoms with Crippen molar-refractivity contribution in [1.82, 2.24) is 20.0 Å². The van der Waals surface area contributed by atoms with E-state index in [1.54, 1.807) is 29.2 Å². The van der Waals surface area contributed by atoms with Crippen LogP contribution in [-0.2, 0) is 19.4 Å². The third kappa shape index (κ3) is 5.30. The van der Waals surface area contributed by atoms with Crippen LogP contribution in [0.3, 0.4) is 0 Å². The van der Waals surface area contributed by atoms with Crippen LogP contribution in [0.5, 0.6) is 5.75 Å². The van der Waals surface area contributed by atoms with Gasteiger partial charge in [0.2, 0.25) is 0 Å². The highest BCUT2D eigenvalue weighted by molar-refractivity contribution is 5.94. The average Bonchev–Trinajstić information content (AvgIpc) is 3.45. The monoisotopic (exact) mass is 519 g/mol. The summed E-state index contributed by atoms with van der Waals surface area (Å²) in [6.45, 7) is 0.238. The molecule has 0 atom stereocenters. The van der Waals surface area contributed by atoms with Gasteiger partial charge in [0, 0.05) is 23.2 Å². The summed E-state index contributed by atoms with van der Waals surface area (Å²) in [4.78, 5) is 15.3. The second-order valence-electron chi connectivity index (χ2n) is 9.29.